The Labute approximate surface area is 214 Å². The van der Waals surface area contributed by atoms with E-state index in [-0.39, 0.29) is 36.3 Å². The number of hydrogen-bond donors (Lipinski definition) is 4. The van der Waals surface area contributed by atoms with Crippen molar-refractivity contribution in [3.8, 4) is 0 Å². The van der Waals surface area contributed by atoms with Crippen molar-refractivity contribution in [3.63, 3.8) is 0 Å². The molecule has 1 aliphatic heterocycles. The molecule has 2 atom stereocenters. The third-order valence-electron chi connectivity index (χ3n) is 7.21. The van der Waals surface area contributed by atoms with Crippen LogP contribution in [0.1, 0.15) is 79.6 Å². The zero-order chi connectivity index (χ0) is 26.9. The predicted octanol–water partition coefficient (Wildman–Crippen LogP) is 2.35. The Morgan fingerprint density at radius 2 is 1.83 bits per heavy atom. The van der Waals surface area contributed by atoms with Gasteiger partial charge in [0, 0.05) is 19.0 Å². The number of carbonyl (C=O) groups excluding carboxylic acids is 3. The van der Waals surface area contributed by atoms with E-state index in [0.29, 0.717) is 31.8 Å². The lowest BCUT2D eigenvalue weighted by molar-refractivity contribution is -0.142. The summed E-state index contributed by atoms with van der Waals surface area (Å²) >= 11 is 0. The van der Waals surface area contributed by atoms with Gasteiger partial charge >= 0.3 is 6.09 Å². The Hall–Kier alpha value is -2.56. The fourth-order valence-electron chi connectivity index (χ4n) is 4.59. The van der Waals surface area contributed by atoms with E-state index in [1.807, 2.05) is 20.8 Å². The number of nitrogens with one attached hydrogen (secondary N) is 2. The van der Waals surface area contributed by atoms with Gasteiger partial charge in [-0.1, -0.05) is 12.1 Å². The number of oxime groups is 1. The van der Waals surface area contributed by atoms with Crippen LogP contribution in [-0.2, 0) is 19.1 Å². The van der Waals surface area contributed by atoms with Crippen LogP contribution in [-0.4, -0.2) is 77.3 Å². The van der Waals surface area contributed by atoms with Crippen molar-refractivity contribution in [3.05, 3.63) is 0 Å². The highest BCUT2D eigenvalue weighted by molar-refractivity contribution is 5.92. The number of carbonyl (C=O) groups is 3. The van der Waals surface area contributed by atoms with Crippen LogP contribution in [0.3, 0.4) is 0 Å². The van der Waals surface area contributed by atoms with Crippen molar-refractivity contribution < 1.29 is 29.1 Å². The number of hydrogen-bond acceptors (Lipinski definition) is 7. The van der Waals surface area contributed by atoms with Crippen LogP contribution in [0.4, 0.5) is 4.79 Å². The van der Waals surface area contributed by atoms with Crippen LogP contribution in [0, 0.1) is 11.8 Å². The van der Waals surface area contributed by atoms with Crippen molar-refractivity contribution in [2.75, 3.05) is 19.7 Å². The van der Waals surface area contributed by atoms with E-state index in [0.717, 1.165) is 32.1 Å². The minimum atomic E-state index is -0.954. The zero-order valence-electron chi connectivity index (χ0n) is 22.4. The summed E-state index contributed by atoms with van der Waals surface area (Å²) in [6, 6.07) is -1.54. The van der Waals surface area contributed by atoms with Gasteiger partial charge in [0.15, 0.2) is 0 Å². The van der Waals surface area contributed by atoms with Crippen LogP contribution >= 0.6 is 0 Å². The second-order valence-electron chi connectivity index (χ2n) is 10.8. The maximum atomic E-state index is 13.5. The SMILES string of the molecule is CCC(C)(C)OC[C@@H](NC(=O)OC(C)C)C(=O)N1CCC[C@H]1C(=O)NCC1CCC(C(N)=NO)CC1. The van der Waals surface area contributed by atoms with Crippen molar-refractivity contribution in [2.24, 2.45) is 22.7 Å². The highest BCUT2D eigenvalue weighted by Gasteiger charge is 2.39. The maximum absolute atomic E-state index is 13.5. The predicted molar refractivity (Wildman–Crippen MR) is 135 cm³/mol. The molecule has 0 aromatic carbocycles. The van der Waals surface area contributed by atoms with E-state index < -0.39 is 23.8 Å². The van der Waals surface area contributed by atoms with E-state index >= 15 is 0 Å². The number of likely N-dealkylation sites (tertiary alicyclic amines) is 1. The molecule has 11 nitrogen and oxygen atoms in total. The van der Waals surface area contributed by atoms with Crippen molar-refractivity contribution in [2.45, 2.75) is 103 Å². The Bertz CT molecular complexity index is 779. The van der Waals surface area contributed by atoms with Crippen LogP contribution in [0.25, 0.3) is 0 Å². The lowest BCUT2D eigenvalue weighted by Gasteiger charge is -2.32. The van der Waals surface area contributed by atoms with E-state index in [9.17, 15) is 14.4 Å². The van der Waals surface area contributed by atoms with Gasteiger partial charge in [-0.25, -0.2) is 4.79 Å². The Kier molecular flexibility index (Phi) is 11.3. The van der Waals surface area contributed by atoms with Gasteiger partial charge < -0.3 is 35.9 Å². The summed E-state index contributed by atoms with van der Waals surface area (Å²) in [5.74, 6) is 0.130. The molecule has 0 aromatic rings. The van der Waals surface area contributed by atoms with Gasteiger partial charge in [0.25, 0.3) is 0 Å². The van der Waals surface area contributed by atoms with Crippen molar-refractivity contribution >= 4 is 23.7 Å². The lowest BCUT2D eigenvalue weighted by Crippen LogP contribution is -2.56. The van der Waals surface area contributed by atoms with Crippen LogP contribution in [0.2, 0.25) is 0 Å². The molecule has 2 rings (SSSR count). The topological polar surface area (TPSA) is 156 Å². The first-order chi connectivity index (χ1) is 17.0. The molecule has 3 amide bonds. The molecule has 36 heavy (non-hydrogen) atoms. The Morgan fingerprint density at radius 3 is 2.42 bits per heavy atom. The normalized spacial score (nSPS) is 23.9. The minimum Gasteiger partial charge on any atom is -0.447 e. The zero-order valence-corrected chi connectivity index (χ0v) is 22.4. The van der Waals surface area contributed by atoms with Gasteiger partial charge in [-0.2, -0.15) is 0 Å². The summed E-state index contributed by atoms with van der Waals surface area (Å²) in [6.07, 6.45) is 4.38. The fraction of sp³-hybridized carbons (Fsp3) is 0.840. The Morgan fingerprint density at radius 1 is 1.17 bits per heavy atom. The number of rotatable bonds is 11. The molecular formula is C25H45N5O6. The molecule has 1 aliphatic carbocycles. The van der Waals surface area contributed by atoms with Gasteiger partial charge in [-0.15, -0.1) is 0 Å². The Balaban J connectivity index is 1.98. The first-order valence-electron chi connectivity index (χ1n) is 13.1. The molecule has 0 radical (unpaired) electrons. The van der Waals surface area contributed by atoms with E-state index in [2.05, 4.69) is 15.8 Å². The molecule has 11 heteroatoms. The fourth-order valence-corrected chi connectivity index (χ4v) is 4.59. The summed E-state index contributed by atoms with van der Waals surface area (Å²) in [4.78, 5) is 40.4. The smallest absolute Gasteiger partial charge is 0.408 e. The number of amides is 3. The summed E-state index contributed by atoms with van der Waals surface area (Å²) in [5, 5.41) is 17.6. The van der Waals surface area contributed by atoms with Gasteiger partial charge in [0.1, 0.15) is 17.9 Å². The lowest BCUT2D eigenvalue weighted by atomic mass is 9.81. The molecular weight excluding hydrogens is 466 g/mol. The van der Waals surface area contributed by atoms with Crippen molar-refractivity contribution in [1.29, 1.82) is 0 Å². The largest absolute Gasteiger partial charge is 0.447 e. The molecule has 0 bridgehead atoms. The highest BCUT2D eigenvalue weighted by Crippen LogP contribution is 2.28. The summed E-state index contributed by atoms with van der Waals surface area (Å²) < 4.78 is 11.1. The van der Waals surface area contributed by atoms with E-state index in [4.69, 9.17) is 20.4 Å². The van der Waals surface area contributed by atoms with E-state index in [1.165, 1.54) is 0 Å². The molecule has 2 fully saturated rings. The number of amidine groups is 1. The number of nitrogens with two attached hydrogens (primary N) is 1. The molecule has 2 aliphatic rings. The van der Waals surface area contributed by atoms with Crippen molar-refractivity contribution in [1.82, 2.24) is 15.5 Å². The van der Waals surface area contributed by atoms with Crippen LogP contribution in [0.15, 0.2) is 5.16 Å². The summed E-state index contributed by atoms with van der Waals surface area (Å²) in [5.41, 5.74) is 5.26. The second-order valence-corrected chi connectivity index (χ2v) is 10.8. The summed E-state index contributed by atoms with van der Waals surface area (Å²) in [6.45, 7) is 10.2. The van der Waals surface area contributed by atoms with Gasteiger partial charge in [-0.05, 0) is 78.6 Å². The van der Waals surface area contributed by atoms with Gasteiger partial charge in [0.05, 0.1) is 18.3 Å². The molecule has 0 aromatic heterocycles. The quantitative estimate of drug-likeness (QED) is 0.144. The first kappa shape index (κ1) is 29.7. The molecule has 5 N–H and O–H groups in total. The number of ether oxygens (including phenoxy) is 2. The molecule has 206 valence electrons. The van der Waals surface area contributed by atoms with E-state index in [1.54, 1.807) is 18.7 Å². The average molecular weight is 512 g/mol. The molecule has 1 saturated heterocycles. The number of alkyl carbamates (subject to hydrolysis) is 1. The second kappa shape index (κ2) is 13.7. The molecule has 0 spiro atoms. The maximum Gasteiger partial charge on any atom is 0.408 e. The van der Waals surface area contributed by atoms with Crippen LogP contribution < -0.4 is 16.4 Å². The average Bonchev–Trinajstić information content (AvgIpc) is 3.34. The first-order valence-corrected chi connectivity index (χ1v) is 13.1. The monoisotopic (exact) mass is 511 g/mol. The highest BCUT2D eigenvalue weighted by atomic mass is 16.6. The third kappa shape index (κ3) is 8.83. The molecule has 1 saturated carbocycles. The number of nitrogens with zero attached hydrogens (tertiary/aromatic N) is 2. The molecule has 1 heterocycles. The minimum absolute atomic E-state index is 0.0127. The van der Waals surface area contributed by atoms with Gasteiger partial charge in [-0.3, -0.25) is 9.59 Å². The molecule has 0 unspecified atom stereocenters. The van der Waals surface area contributed by atoms with Gasteiger partial charge in [0.2, 0.25) is 11.8 Å². The standard InChI is InChI=1S/C25H45N5O6/c1-6-25(4,5)35-15-19(28-24(33)36-16(2)3)23(32)30-13-7-8-20(30)22(31)27-14-17-9-11-18(12-10-17)21(26)29-34/h16-20,34H,6-15H2,1-5H3,(H2,26,29)(H,27,31)(H,28,33)/t17?,18?,19-,20+/m1/s1. The summed E-state index contributed by atoms with van der Waals surface area (Å²) in [7, 11) is 0. The third-order valence-corrected chi connectivity index (χ3v) is 7.21. The van der Waals surface area contributed by atoms with Crippen LogP contribution in [0.5, 0.6) is 0 Å².